The van der Waals surface area contributed by atoms with Gasteiger partial charge >= 0.3 is 128 Å². The molecule has 0 radical (unpaired) electrons. The molecular formula is C18H26Ti. The molecule has 0 saturated heterocycles. The maximum absolute atomic E-state index is 2.52. The summed E-state index contributed by atoms with van der Waals surface area (Å²) in [7, 11) is 0. The molecule has 0 fully saturated rings. The molecule has 2 unspecified atom stereocenters. The van der Waals surface area contributed by atoms with Gasteiger partial charge in [-0.1, -0.05) is 0 Å². The first kappa shape index (κ1) is 15.1. The molecule has 2 aliphatic rings. The third kappa shape index (κ3) is 2.50. The van der Waals surface area contributed by atoms with Gasteiger partial charge in [-0.25, -0.2) is 0 Å². The predicted octanol–water partition coefficient (Wildman–Crippen LogP) is 6.02. The molecule has 0 N–H and O–H groups in total. The van der Waals surface area contributed by atoms with Crippen molar-refractivity contribution in [2.75, 3.05) is 0 Å². The van der Waals surface area contributed by atoms with Crippen LogP contribution in [0.25, 0.3) is 0 Å². The molecule has 102 valence electrons. The molecule has 2 aliphatic carbocycles. The summed E-state index contributed by atoms with van der Waals surface area (Å²) in [6, 6.07) is 0. The monoisotopic (exact) mass is 290 g/mol. The third-order valence-electron chi connectivity index (χ3n) is 4.83. The van der Waals surface area contributed by atoms with Gasteiger partial charge in [-0.05, 0) is 0 Å². The molecule has 2 rings (SSSR count). The van der Waals surface area contributed by atoms with Crippen molar-refractivity contribution in [3.8, 4) is 0 Å². The van der Waals surface area contributed by atoms with Crippen LogP contribution in [0.2, 0.25) is 7.44 Å². The van der Waals surface area contributed by atoms with Crippen LogP contribution in [0.1, 0.15) is 53.4 Å². The van der Waals surface area contributed by atoms with Crippen LogP contribution in [0.5, 0.6) is 0 Å². The van der Waals surface area contributed by atoms with Gasteiger partial charge in [-0.2, -0.15) is 0 Å². The van der Waals surface area contributed by atoms with E-state index in [2.05, 4.69) is 64.2 Å². The van der Waals surface area contributed by atoms with Crippen LogP contribution >= 0.6 is 0 Å². The summed E-state index contributed by atoms with van der Waals surface area (Å²) in [6.45, 7) is 9.38. The molecule has 2 atom stereocenters. The van der Waals surface area contributed by atoms with Crippen LogP contribution in [-0.2, 0) is 19.2 Å². The van der Waals surface area contributed by atoms with Crippen molar-refractivity contribution in [1.29, 1.82) is 0 Å². The van der Waals surface area contributed by atoms with Crippen LogP contribution in [-0.4, -0.2) is 0 Å². The van der Waals surface area contributed by atoms with Crippen LogP contribution in [0.4, 0.5) is 0 Å². The van der Waals surface area contributed by atoms with Crippen molar-refractivity contribution < 1.29 is 19.2 Å². The maximum atomic E-state index is 2.52. The molecule has 0 spiro atoms. The number of rotatable bonds is 6. The fourth-order valence-electron chi connectivity index (χ4n) is 3.54. The fraction of sp³-hybridized carbons (Fsp3) is 0.556. The van der Waals surface area contributed by atoms with E-state index < -0.39 is 0 Å². The second-order valence-electron chi connectivity index (χ2n) is 5.58. The zero-order valence-electron chi connectivity index (χ0n) is 12.8. The van der Waals surface area contributed by atoms with Gasteiger partial charge in [0.15, 0.2) is 0 Å². The summed E-state index contributed by atoms with van der Waals surface area (Å²) in [5, 5.41) is 0. The van der Waals surface area contributed by atoms with Crippen LogP contribution < -0.4 is 0 Å². The first-order valence-corrected chi connectivity index (χ1v) is 9.29. The Morgan fingerprint density at radius 2 is 1.21 bits per heavy atom. The Hall–Kier alpha value is -0.326. The van der Waals surface area contributed by atoms with E-state index in [1.165, 1.54) is 25.7 Å². The van der Waals surface area contributed by atoms with E-state index in [0.29, 0.717) is 7.44 Å². The second-order valence-corrected chi connectivity index (χ2v) is 8.76. The normalized spacial score (nSPS) is 32.6. The van der Waals surface area contributed by atoms with E-state index >= 15 is 0 Å². The molecule has 0 nitrogen and oxygen atoms in total. The molecule has 0 saturated carbocycles. The summed E-state index contributed by atoms with van der Waals surface area (Å²) in [5.41, 5.74) is 3.36. The van der Waals surface area contributed by atoms with Crippen molar-refractivity contribution in [3.05, 3.63) is 47.6 Å². The summed E-state index contributed by atoms with van der Waals surface area (Å²) in [6.07, 6.45) is 19.4. The zero-order valence-corrected chi connectivity index (χ0v) is 14.4. The van der Waals surface area contributed by atoms with Crippen molar-refractivity contribution >= 4 is 0 Å². The van der Waals surface area contributed by atoms with Crippen LogP contribution in [0, 0.1) is 0 Å². The van der Waals surface area contributed by atoms with Gasteiger partial charge < -0.3 is 0 Å². The van der Waals surface area contributed by atoms with Crippen molar-refractivity contribution in [2.24, 2.45) is 0 Å². The van der Waals surface area contributed by atoms with E-state index in [4.69, 9.17) is 0 Å². The number of allylic oxidation sites excluding steroid dienone is 8. The molecule has 0 aromatic rings. The topological polar surface area (TPSA) is 0 Å². The van der Waals surface area contributed by atoms with Gasteiger partial charge in [-0.3, -0.25) is 0 Å². The Morgan fingerprint density at radius 1 is 0.789 bits per heavy atom. The Bertz CT molecular complexity index is 410. The van der Waals surface area contributed by atoms with Gasteiger partial charge in [0.05, 0.1) is 0 Å². The first-order chi connectivity index (χ1) is 9.16. The van der Waals surface area contributed by atoms with Gasteiger partial charge in [0.25, 0.3) is 0 Å². The third-order valence-corrected chi connectivity index (χ3v) is 8.85. The quantitative estimate of drug-likeness (QED) is 0.525. The van der Waals surface area contributed by atoms with Gasteiger partial charge in [0, 0.05) is 0 Å². The number of hydrogen-bond acceptors (Lipinski definition) is 0. The molecule has 0 aromatic heterocycles. The Morgan fingerprint density at radius 3 is 1.53 bits per heavy atom. The number of hydrogen-bond donors (Lipinski definition) is 0. The van der Waals surface area contributed by atoms with Gasteiger partial charge in [0.2, 0.25) is 0 Å². The van der Waals surface area contributed by atoms with E-state index in [9.17, 15) is 0 Å². The van der Waals surface area contributed by atoms with E-state index in [0.717, 1.165) is 0 Å². The SMILES string of the molecule is CCC1=CC=C[C]1(CC)[Ti][C]1(CC)C=CC=C1CC. The van der Waals surface area contributed by atoms with E-state index in [-0.39, 0.29) is 19.2 Å². The molecule has 0 heterocycles. The van der Waals surface area contributed by atoms with Crippen molar-refractivity contribution in [2.45, 2.75) is 60.8 Å². The van der Waals surface area contributed by atoms with Gasteiger partial charge in [-0.15, -0.1) is 0 Å². The second kappa shape index (κ2) is 5.98. The predicted molar refractivity (Wildman–Crippen MR) is 81.0 cm³/mol. The minimum atomic E-state index is -0.124. The van der Waals surface area contributed by atoms with Crippen molar-refractivity contribution in [3.63, 3.8) is 0 Å². The average Bonchev–Trinajstić information content (AvgIpc) is 3.03. The van der Waals surface area contributed by atoms with E-state index in [1.54, 1.807) is 11.1 Å². The summed E-state index contributed by atoms with van der Waals surface area (Å²) < 4.78 is 0.849. The van der Waals surface area contributed by atoms with E-state index in [1.807, 2.05) is 0 Å². The summed E-state index contributed by atoms with van der Waals surface area (Å²) >= 11 is -0.124. The molecule has 0 amide bonds. The van der Waals surface area contributed by atoms with Crippen molar-refractivity contribution in [1.82, 2.24) is 0 Å². The standard InChI is InChI=1S/2C9H13.Ti/c2*1-3-8-6-5-7-9(8)4-2;/h2*5-7H,3-4H2,1-2H3;. The molecule has 1 heteroatoms. The Labute approximate surface area is 127 Å². The summed E-state index contributed by atoms with van der Waals surface area (Å²) in [4.78, 5) is 0. The van der Waals surface area contributed by atoms with Gasteiger partial charge in [0.1, 0.15) is 0 Å². The molecule has 0 aromatic carbocycles. The van der Waals surface area contributed by atoms with Crippen LogP contribution in [0.3, 0.4) is 0 Å². The zero-order chi connectivity index (χ0) is 13.9. The van der Waals surface area contributed by atoms with Crippen LogP contribution in [0.15, 0.2) is 47.6 Å². The first-order valence-electron chi connectivity index (χ1n) is 7.73. The average molecular weight is 290 g/mol. The molecule has 19 heavy (non-hydrogen) atoms. The molecule has 0 bridgehead atoms. The fourth-order valence-corrected chi connectivity index (χ4v) is 7.21. The Balaban J connectivity index is 2.33. The molecule has 0 aliphatic heterocycles. The summed E-state index contributed by atoms with van der Waals surface area (Å²) in [5.74, 6) is 0. The Kier molecular flexibility index (Phi) is 4.74. The molecular weight excluding hydrogens is 264 g/mol. The minimum absolute atomic E-state index is 0.124.